The summed E-state index contributed by atoms with van der Waals surface area (Å²) in [5.74, 6) is 0. The van der Waals surface area contributed by atoms with Crippen molar-refractivity contribution in [2.24, 2.45) is 0 Å². The fourth-order valence-electron chi connectivity index (χ4n) is 0.545. The average molecular weight is 158 g/mol. The zero-order valence-corrected chi connectivity index (χ0v) is 9.05. The fourth-order valence-corrected chi connectivity index (χ4v) is 1.63. The molecule has 10 heavy (non-hydrogen) atoms. The molecular weight excluding hydrogens is 139 g/mol. The summed E-state index contributed by atoms with van der Waals surface area (Å²) < 4.78 is 5.69. The second-order valence-corrected chi connectivity index (χ2v) is 7.23. The number of rotatable bonds is 3. The molecule has 0 aliphatic rings. The van der Waals surface area contributed by atoms with Crippen molar-refractivity contribution in [3.05, 3.63) is 0 Å². The van der Waals surface area contributed by atoms with Gasteiger partial charge in [0, 0.05) is 6.61 Å². The Kier molecular flexibility index (Phi) is 4.29. The Morgan fingerprint density at radius 1 is 1.40 bits per heavy atom. The van der Waals surface area contributed by atoms with Gasteiger partial charge >= 0.3 is 0 Å². The zero-order chi connectivity index (χ0) is 8.20. The van der Waals surface area contributed by atoms with Gasteiger partial charge in [0.05, 0.1) is 0 Å². The highest BCUT2D eigenvalue weighted by Gasteiger charge is 2.22. The van der Waals surface area contributed by atoms with Gasteiger partial charge in [-0.25, -0.2) is 0 Å². The van der Waals surface area contributed by atoms with Crippen molar-refractivity contribution in [2.75, 3.05) is 6.61 Å². The van der Waals surface area contributed by atoms with Gasteiger partial charge in [0.15, 0.2) is 9.04 Å². The van der Waals surface area contributed by atoms with Crippen molar-refractivity contribution < 1.29 is 4.43 Å². The minimum absolute atomic E-state index is 0.426. The Hall–Kier alpha value is 0.242. The van der Waals surface area contributed by atoms with Crippen LogP contribution in [0.1, 0.15) is 20.8 Å². The van der Waals surface area contributed by atoms with Gasteiger partial charge in [-0.1, -0.05) is 27.1 Å². The molecule has 0 N–H and O–H groups in total. The molecule has 0 bridgehead atoms. The third kappa shape index (κ3) is 4.12. The first-order valence-electron chi connectivity index (χ1n) is 4.10. The molecule has 3 heteroatoms. The van der Waals surface area contributed by atoms with E-state index in [0.717, 1.165) is 12.9 Å². The van der Waals surface area contributed by atoms with E-state index in [-0.39, 0.29) is 0 Å². The molecule has 0 rings (SSSR count). The Morgan fingerprint density at radius 3 is 2.20 bits per heavy atom. The highest BCUT2D eigenvalue weighted by molar-refractivity contribution is 6.53. The maximum atomic E-state index is 5.69. The van der Waals surface area contributed by atoms with Crippen molar-refractivity contribution in [3.8, 4) is 0 Å². The lowest BCUT2D eigenvalue weighted by molar-refractivity contribution is 0.327. The molecule has 60 valence electrons. The highest BCUT2D eigenvalue weighted by atomic mass is 28.3. The minimum atomic E-state index is -0.908. The predicted molar refractivity (Wildman–Crippen MR) is 52.0 cm³/mol. The van der Waals surface area contributed by atoms with Crippen LogP contribution in [-0.4, -0.2) is 23.5 Å². The minimum Gasteiger partial charge on any atom is -0.421 e. The molecule has 1 atom stereocenters. The van der Waals surface area contributed by atoms with Gasteiger partial charge in [-0.3, -0.25) is 0 Å². The molecule has 1 unspecified atom stereocenters. The molecular formula is C7H19BOSi. The van der Waals surface area contributed by atoms with Crippen LogP contribution in [0.3, 0.4) is 0 Å². The Labute approximate surface area is 67.3 Å². The van der Waals surface area contributed by atoms with Crippen LogP contribution in [0.5, 0.6) is 0 Å². The van der Waals surface area contributed by atoms with E-state index in [1.54, 1.807) is 0 Å². The molecule has 0 amide bonds. The van der Waals surface area contributed by atoms with Gasteiger partial charge < -0.3 is 4.43 Å². The normalized spacial score (nSPS) is 15.2. The van der Waals surface area contributed by atoms with Gasteiger partial charge in [0.2, 0.25) is 0 Å². The van der Waals surface area contributed by atoms with Crippen molar-refractivity contribution in [1.82, 2.24) is 0 Å². The average Bonchev–Trinajstić information content (AvgIpc) is 1.80. The second kappa shape index (κ2) is 4.19. The lowest BCUT2D eigenvalue weighted by atomic mass is 10.1. The Morgan fingerprint density at radius 2 is 1.90 bits per heavy atom. The molecule has 0 aromatic heterocycles. The maximum Gasteiger partial charge on any atom is 0.179 e. The van der Waals surface area contributed by atoms with Crippen LogP contribution in [0.15, 0.2) is 0 Å². The zero-order valence-electron chi connectivity index (χ0n) is 7.90. The topological polar surface area (TPSA) is 9.23 Å². The lowest BCUT2D eigenvalue weighted by Crippen LogP contribution is -2.25. The second-order valence-electron chi connectivity index (χ2n) is 3.88. The number of hydrogen-bond donors (Lipinski definition) is 0. The Balaban J connectivity index is 3.52. The van der Waals surface area contributed by atoms with Crippen LogP contribution in [0, 0.1) is 0 Å². The molecule has 0 aliphatic carbocycles. The molecule has 0 spiro atoms. The molecule has 0 fully saturated rings. The van der Waals surface area contributed by atoms with Gasteiger partial charge in [-0.15, -0.1) is 0 Å². The van der Waals surface area contributed by atoms with Gasteiger partial charge in [-0.2, -0.15) is 0 Å². The van der Waals surface area contributed by atoms with E-state index in [0.29, 0.717) is 5.04 Å². The number of hydrogen-bond acceptors (Lipinski definition) is 1. The molecule has 0 saturated carbocycles. The van der Waals surface area contributed by atoms with Gasteiger partial charge in [-0.05, 0) is 11.6 Å². The molecule has 0 aromatic rings. The van der Waals surface area contributed by atoms with Crippen LogP contribution in [-0.2, 0) is 4.43 Å². The van der Waals surface area contributed by atoms with E-state index in [9.17, 15) is 0 Å². The molecule has 0 aromatic carbocycles. The fraction of sp³-hybridized carbons (Fsp3) is 1.00. The first-order chi connectivity index (χ1) is 4.48. The van der Waals surface area contributed by atoms with Crippen LogP contribution in [0.2, 0.25) is 17.9 Å². The first kappa shape index (κ1) is 10.2. The first-order valence-corrected chi connectivity index (χ1v) is 6.30. The molecule has 1 nitrogen and oxygen atoms in total. The lowest BCUT2D eigenvalue weighted by Gasteiger charge is -2.25. The van der Waals surface area contributed by atoms with Crippen molar-refractivity contribution >= 4 is 16.9 Å². The van der Waals surface area contributed by atoms with Crippen molar-refractivity contribution in [2.45, 2.75) is 38.7 Å². The summed E-state index contributed by atoms with van der Waals surface area (Å²) in [6.45, 7) is 10.0. The van der Waals surface area contributed by atoms with E-state index in [1.165, 1.54) is 0 Å². The summed E-state index contributed by atoms with van der Waals surface area (Å²) in [6, 6.07) is 0. The van der Waals surface area contributed by atoms with Crippen LogP contribution < -0.4 is 0 Å². The van der Waals surface area contributed by atoms with Gasteiger partial charge in [0.1, 0.15) is 7.85 Å². The van der Waals surface area contributed by atoms with Crippen LogP contribution in [0.4, 0.5) is 0 Å². The summed E-state index contributed by atoms with van der Waals surface area (Å²) in [4.78, 5) is 0. The standard InChI is InChI=1S/C7H19BOSi/c1-7(2,3)10(4)9-6-5-8/h10H,5-6,8H2,1-4H3. The summed E-state index contributed by atoms with van der Waals surface area (Å²) in [6.07, 6.45) is 1.15. The summed E-state index contributed by atoms with van der Waals surface area (Å²) in [5, 5.41) is 0.426. The van der Waals surface area contributed by atoms with E-state index in [1.807, 2.05) is 0 Å². The molecule has 0 aliphatic heterocycles. The summed E-state index contributed by atoms with van der Waals surface area (Å²) in [5.41, 5.74) is 0. The largest absolute Gasteiger partial charge is 0.421 e. The highest BCUT2D eigenvalue weighted by Crippen LogP contribution is 2.26. The smallest absolute Gasteiger partial charge is 0.179 e. The SMILES string of the molecule is BCCO[SiH](C)C(C)(C)C. The Bertz CT molecular complexity index is 90.1. The summed E-state index contributed by atoms with van der Waals surface area (Å²) in [7, 11) is 1.25. The third-order valence-corrected chi connectivity index (χ3v) is 4.97. The predicted octanol–water partition coefficient (Wildman–Crippen LogP) is 1.21. The monoisotopic (exact) mass is 158 g/mol. The van der Waals surface area contributed by atoms with E-state index >= 15 is 0 Å². The maximum absolute atomic E-state index is 5.69. The van der Waals surface area contributed by atoms with Crippen LogP contribution in [0.25, 0.3) is 0 Å². The van der Waals surface area contributed by atoms with E-state index in [2.05, 4.69) is 35.2 Å². The quantitative estimate of drug-likeness (QED) is 0.561. The van der Waals surface area contributed by atoms with Gasteiger partial charge in [0.25, 0.3) is 0 Å². The molecule has 0 heterocycles. The van der Waals surface area contributed by atoms with Crippen LogP contribution >= 0.6 is 0 Å². The van der Waals surface area contributed by atoms with Crippen molar-refractivity contribution in [1.29, 1.82) is 0 Å². The molecule has 0 saturated heterocycles. The van der Waals surface area contributed by atoms with E-state index in [4.69, 9.17) is 4.43 Å². The third-order valence-electron chi connectivity index (χ3n) is 1.79. The van der Waals surface area contributed by atoms with E-state index < -0.39 is 9.04 Å². The summed E-state index contributed by atoms with van der Waals surface area (Å²) >= 11 is 0. The molecule has 0 radical (unpaired) electrons. The van der Waals surface area contributed by atoms with Crippen molar-refractivity contribution in [3.63, 3.8) is 0 Å².